The number of ether oxygens (including phenoxy) is 1. The molecule has 3 nitrogen and oxygen atoms in total. The summed E-state index contributed by atoms with van der Waals surface area (Å²) >= 11 is 6.09. The molecule has 0 aliphatic heterocycles. The lowest BCUT2D eigenvalue weighted by Gasteiger charge is -2.17. The van der Waals surface area contributed by atoms with Crippen LogP contribution in [-0.2, 0) is 6.54 Å². The molecule has 0 saturated heterocycles. The van der Waals surface area contributed by atoms with Crippen LogP contribution in [0.15, 0.2) is 48.5 Å². The number of rotatable bonds is 6. The molecule has 2 rings (SSSR count). The summed E-state index contributed by atoms with van der Waals surface area (Å²) in [5.74, 6) is 0.664. The Hall–Kier alpha value is -1.55. The van der Waals surface area contributed by atoms with Crippen LogP contribution in [-0.4, -0.2) is 18.8 Å². The van der Waals surface area contributed by atoms with E-state index in [1.165, 1.54) is 0 Å². The Kier molecular flexibility index (Phi) is 5.41. The predicted octanol–water partition coefficient (Wildman–Crippen LogP) is 3.17. The van der Waals surface area contributed by atoms with Gasteiger partial charge in [0.05, 0.1) is 24.8 Å². The molecule has 0 radical (unpaired) electrons. The van der Waals surface area contributed by atoms with Crippen molar-refractivity contribution >= 4 is 11.6 Å². The minimum Gasteiger partial charge on any atom is -0.495 e. The van der Waals surface area contributed by atoms with E-state index in [1.54, 1.807) is 7.11 Å². The third-order valence-electron chi connectivity index (χ3n) is 3.15. The van der Waals surface area contributed by atoms with Gasteiger partial charge in [0, 0.05) is 6.54 Å². The number of halogens is 1. The summed E-state index contributed by atoms with van der Waals surface area (Å²) in [6, 6.07) is 15.5. The number of benzene rings is 2. The zero-order chi connectivity index (χ0) is 14.4. The molecule has 20 heavy (non-hydrogen) atoms. The first-order valence-electron chi connectivity index (χ1n) is 6.46. The Bertz CT molecular complexity index is 545. The van der Waals surface area contributed by atoms with Crippen molar-refractivity contribution in [3.8, 4) is 5.75 Å². The summed E-state index contributed by atoms with van der Waals surface area (Å²) in [4.78, 5) is 0. The van der Waals surface area contributed by atoms with E-state index in [0.717, 1.165) is 11.1 Å². The molecule has 1 atom stereocenters. The minimum atomic E-state index is -0.0860. The lowest BCUT2D eigenvalue weighted by Crippen LogP contribution is -2.23. The van der Waals surface area contributed by atoms with Crippen molar-refractivity contribution in [3.63, 3.8) is 0 Å². The maximum absolute atomic E-state index is 9.49. The van der Waals surface area contributed by atoms with Gasteiger partial charge in [0.25, 0.3) is 0 Å². The van der Waals surface area contributed by atoms with Crippen molar-refractivity contribution in [2.75, 3.05) is 13.7 Å². The molecule has 0 aliphatic carbocycles. The van der Waals surface area contributed by atoms with Gasteiger partial charge in [-0.05, 0) is 23.3 Å². The molecule has 0 amide bonds. The van der Waals surface area contributed by atoms with Gasteiger partial charge in [0.15, 0.2) is 0 Å². The van der Waals surface area contributed by atoms with Crippen molar-refractivity contribution in [3.05, 3.63) is 64.7 Å². The number of hydrogen-bond donors (Lipinski definition) is 2. The zero-order valence-corrected chi connectivity index (χ0v) is 12.1. The maximum Gasteiger partial charge on any atom is 0.137 e. The normalized spacial score (nSPS) is 12.2. The van der Waals surface area contributed by atoms with Crippen LogP contribution in [0.3, 0.4) is 0 Å². The third-order valence-corrected chi connectivity index (χ3v) is 3.45. The lowest BCUT2D eigenvalue weighted by atomic mass is 10.1. The van der Waals surface area contributed by atoms with E-state index in [1.807, 2.05) is 48.5 Å². The van der Waals surface area contributed by atoms with Crippen LogP contribution in [0, 0.1) is 0 Å². The fourth-order valence-corrected chi connectivity index (χ4v) is 2.31. The summed E-state index contributed by atoms with van der Waals surface area (Å²) in [6.45, 7) is 0.678. The lowest BCUT2D eigenvalue weighted by molar-refractivity contribution is 0.243. The van der Waals surface area contributed by atoms with Gasteiger partial charge in [-0.15, -0.1) is 0 Å². The van der Waals surface area contributed by atoms with Gasteiger partial charge < -0.3 is 15.2 Å². The quantitative estimate of drug-likeness (QED) is 0.859. The topological polar surface area (TPSA) is 41.5 Å². The average Bonchev–Trinajstić information content (AvgIpc) is 2.49. The van der Waals surface area contributed by atoms with Crippen LogP contribution in [0.25, 0.3) is 0 Å². The number of aliphatic hydroxyl groups is 1. The molecule has 2 aromatic carbocycles. The molecular formula is C16H18ClNO2. The van der Waals surface area contributed by atoms with E-state index in [-0.39, 0.29) is 12.6 Å². The van der Waals surface area contributed by atoms with Crippen molar-refractivity contribution in [1.82, 2.24) is 5.32 Å². The Morgan fingerprint density at radius 1 is 1.20 bits per heavy atom. The number of nitrogens with one attached hydrogen (secondary N) is 1. The smallest absolute Gasteiger partial charge is 0.137 e. The zero-order valence-electron chi connectivity index (χ0n) is 11.3. The first kappa shape index (κ1) is 14.9. The van der Waals surface area contributed by atoms with Crippen molar-refractivity contribution in [2.24, 2.45) is 0 Å². The van der Waals surface area contributed by atoms with Gasteiger partial charge in [0.2, 0.25) is 0 Å². The Labute approximate surface area is 124 Å². The highest BCUT2D eigenvalue weighted by atomic mass is 35.5. The largest absolute Gasteiger partial charge is 0.495 e. The summed E-state index contributed by atoms with van der Waals surface area (Å²) < 4.78 is 5.12. The molecule has 2 N–H and O–H groups in total. The van der Waals surface area contributed by atoms with E-state index in [2.05, 4.69) is 5.32 Å². The van der Waals surface area contributed by atoms with Gasteiger partial charge in [-0.25, -0.2) is 0 Å². The van der Waals surface area contributed by atoms with Gasteiger partial charge in [-0.1, -0.05) is 48.0 Å². The Morgan fingerprint density at radius 2 is 1.95 bits per heavy atom. The number of hydrogen-bond acceptors (Lipinski definition) is 3. The van der Waals surface area contributed by atoms with E-state index >= 15 is 0 Å². The molecule has 106 valence electrons. The van der Waals surface area contributed by atoms with Crippen LogP contribution in [0.2, 0.25) is 5.02 Å². The molecule has 0 aromatic heterocycles. The standard InChI is InChI=1S/C16H18ClNO2/c1-20-16-8-7-12(9-14(16)17)10-18-15(11-19)13-5-3-2-4-6-13/h2-9,15,18-19H,10-11H2,1H3. The van der Waals surface area contributed by atoms with Gasteiger partial charge in [-0.3, -0.25) is 0 Å². The second-order valence-corrected chi connectivity index (χ2v) is 4.90. The highest BCUT2D eigenvalue weighted by molar-refractivity contribution is 6.32. The Morgan fingerprint density at radius 3 is 2.55 bits per heavy atom. The van der Waals surface area contributed by atoms with E-state index in [0.29, 0.717) is 17.3 Å². The molecular weight excluding hydrogens is 274 g/mol. The van der Waals surface area contributed by atoms with Crippen LogP contribution in [0.1, 0.15) is 17.2 Å². The second kappa shape index (κ2) is 7.29. The van der Waals surface area contributed by atoms with E-state index in [4.69, 9.17) is 16.3 Å². The van der Waals surface area contributed by atoms with Crippen molar-refractivity contribution in [2.45, 2.75) is 12.6 Å². The van der Waals surface area contributed by atoms with E-state index in [9.17, 15) is 5.11 Å². The second-order valence-electron chi connectivity index (χ2n) is 4.50. The van der Waals surface area contributed by atoms with Crippen LogP contribution >= 0.6 is 11.6 Å². The summed E-state index contributed by atoms with van der Waals surface area (Å²) in [7, 11) is 1.59. The summed E-state index contributed by atoms with van der Waals surface area (Å²) in [5.41, 5.74) is 2.11. The molecule has 0 heterocycles. The van der Waals surface area contributed by atoms with Gasteiger partial charge in [0.1, 0.15) is 5.75 Å². The van der Waals surface area contributed by atoms with Crippen LogP contribution in [0.4, 0.5) is 0 Å². The van der Waals surface area contributed by atoms with Crippen molar-refractivity contribution < 1.29 is 9.84 Å². The monoisotopic (exact) mass is 291 g/mol. The first-order valence-corrected chi connectivity index (χ1v) is 6.84. The van der Waals surface area contributed by atoms with Crippen LogP contribution < -0.4 is 10.1 Å². The fourth-order valence-electron chi connectivity index (χ4n) is 2.03. The maximum atomic E-state index is 9.49. The predicted molar refractivity (Wildman–Crippen MR) is 81.1 cm³/mol. The molecule has 0 fully saturated rings. The molecule has 0 saturated carbocycles. The number of aliphatic hydroxyl groups excluding tert-OH is 1. The summed E-state index contributed by atoms with van der Waals surface area (Å²) in [5, 5.41) is 13.4. The van der Waals surface area contributed by atoms with Crippen molar-refractivity contribution in [1.29, 1.82) is 0 Å². The SMILES string of the molecule is COc1ccc(CNC(CO)c2ccccc2)cc1Cl. The number of methoxy groups -OCH3 is 1. The third kappa shape index (κ3) is 3.73. The Balaban J connectivity index is 2.02. The molecule has 4 heteroatoms. The molecule has 1 unspecified atom stereocenters. The van der Waals surface area contributed by atoms with E-state index < -0.39 is 0 Å². The molecule has 0 aliphatic rings. The fraction of sp³-hybridized carbons (Fsp3) is 0.250. The van der Waals surface area contributed by atoms with Gasteiger partial charge >= 0.3 is 0 Å². The molecule has 2 aromatic rings. The average molecular weight is 292 g/mol. The molecule has 0 bridgehead atoms. The van der Waals surface area contributed by atoms with Crippen LogP contribution in [0.5, 0.6) is 5.75 Å². The highest BCUT2D eigenvalue weighted by Gasteiger charge is 2.09. The molecule has 0 spiro atoms. The first-order chi connectivity index (χ1) is 9.74. The minimum absolute atomic E-state index is 0.0495. The summed E-state index contributed by atoms with van der Waals surface area (Å²) in [6.07, 6.45) is 0. The van der Waals surface area contributed by atoms with Gasteiger partial charge in [-0.2, -0.15) is 0 Å². The highest BCUT2D eigenvalue weighted by Crippen LogP contribution is 2.25.